The standard InChI is InChI=1S/C52H30O2/c1-2-10-34-29-36(22-19-31(34)9-1)50-40-14-5-3-12-38(40)49(39-13-4-6-15-41(39)50)33-20-17-32(18-21-33)35-23-24-45-48(30-35)53-47-28-27-44-42(51(45)47)25-26-43-37-11-7-8-16-46(37)54-52(43)44/h1-30H. The monoisotopic (exact) mass is 686 g/mol. The van der Waals surface area contributed by atoms with Crippen LogP contribution in [0.15, 0.2) is 191 Å². The largest absolute Gasteiger partial charge is 0.456 e. The maximum Gasteiger partial charge on any atom is 0.143 e. The highest BCUT2D eigenvalue weighted by molar-refractivity contribution is 6.25. The molecule has 0 amide bonds. The fraction of sp³-hybridized carbons (Fsp3) is 0. The van der Waals surface area contributed by atoms with Crippen molar-refractivity contribution in [3.8, 4) is 33.4 Å². The van der Waals surface area contributed by atoms with Crippen molar-refractivity contribution in [1.82, 2.24) is 0 Å². The van der Waals surface area contributed by atoms with Gasteiger partial charge in [-0.2, -0.15) is 0 Å². The van der Waals surface area contributed by atoms with Gasteiger partial charge in [-0.05, 0) is 114 Å². The van der Waals surface area contributed by atoms with E-state index in [1.165, 1.54) is 54.6 Å². The molecule has 0 aliphatic carbocycles. The molecule has 12 aromatic rings. The van der Waals surface area contributed by atoms with Gasteiger partial charge in [0.05, 0.1) is 0 Å². The second kappa shape index (κ2) is 11.2. The predicted octanol–water partition coefficient (Wildman–Crippen LogP) is 15.1. The van der Waals surface area contributed by atoms with Crippen molar-refractivity contribution in [1.29, 1.82) is 0 Å². The third-order valence-electron chi connectivity index (χ3n) is 11.4. The fourth-order valence-corrected chi connectivity index (χ4v) is 8.97. The highest BCUT2D eigenvalue weighted by atomic mass is 16.3. The normalized spacial score (nSPS) is 12.1. The minimum absolute atomic E-state index is 0.880. The van der Waals surface area contributed by atoms with E-state index in [4.69, 9.17) is 8.83 Å². The van der Waals surface area contributed by atoms with Gasteiger partial charge in [0.2, 0.25) is 0 Å². The third-order valence-corrected chi connectivity index (χ3v) is 11.4. The molecule has 54 heavy (non-hydrogen) atoms. The van der Waals surface area contributed by atoms with Gasteiger partial charge in [0.25, 0.3) is 0 Å². The number of para-hydroxylation sites is 1. The number of fused-ring (bicyclic) bond motifs is 12. The first kappa shape index (κ1) is 29.4. The van der Waals surface area contributed by atoms with Crippen molar-refractivity contribution in [2.45, 2.75) is 0 Å². The summed E-state index contributed by atoms with van der Waals surface area (Å²) >= 11 is 0. The van der Waals surface area contributed by atoms with Gasteiger partial charge in [0.1, 0.15) is 22.3 Å². The summed E-state index contributed by atoms with van der Waals surface area (Å²) in [7, 11) is 0. The highest BCUT2D eigenvalue weighted by Gasteiger charge is 2.18. The molecule has 2 nitrogen and oxygen atoms in total. The molecule has 0 bridgehead atoms. The van der Waals surface area contributed by atoms with E-state index in [2.05, 4.69) is 170 Å². The van der Waals surface area contributed by atoms with Crippen LogP contribution in [0.25, 0.3) is 120 Å². The Balaban J connectivity index is 0.978. The van der Waals surface area contributed by atoms with Crippen LogP contribution in [-0.4, -0.2) is 0 Å². The SMILES string of the molecule is c1ccc2cc(-c3c4ccccc4c(-c4ccc(-c5ccc6c(c5)oc5ccc7c(ccc8c9ccccc9oc87)c56)cc4)c4ccccc34)ccc2c1. The molecule has 250 valence electrons. The Morgan fingerprint density at radius 1 is 0.259 bits per heavy atom. The van der Waals surface area contributed by atoms with Gasteiger partial charge in [-0.3, -0.25) is 0 Å². The first-order valence-electron chi connectivity index (χ1n) is 18.5. The summed E-state index contributed by atoms with van der Waals surface area (Å²) in [6.45, 7) is 0. The first-order chi connectivity index (χ1) is 26.8. The Morgan fingerprint density at radius 3 is 1.56 bits per heavy atom. The quantitative estimate of drug-likeness (QED) is 0.173. The van der Waals surface area contributed by atoms with E-state index in [0.717, 1.165) is 65.8 Å². The minimum atomic E-state index is 0.880. The van der Waals surface area contributed by atoms with Crippen molar-refractivity contribution >= 4 is 87.0 Å². The Hall–Kier alpha value is -7.16. The van der Waals surface area contributed by atoms with Gasteiger partial charge < -0.3 is 8.83 Å². The van der Waals surface area contributed by atoms with E-state index in [1.54, 1.807) is 0 Å². The Kier molecular flexibility index (Phi) is 6.09. The van der Waals surface area contributed by atoms with E-state index in [1.807, 2.05) is 12.1 Å². The summed E-state index contributed by atoms with van der Waals surface area (Å²) in [6, 6.07) is 65.7. The predicted molar refractivity (Wildman–Crippen MR) is 227 cm³/mol. The minimum Gasteiger partial charge on any atom is -0.456 e. The molecule has 0 spiro atoms. The van der Waals surface area contributed by atoms with Crippen molar-refractivity contribution in [3.63, 3.8) is 0 Å². The molecule has 0 aliphatic rings. The zero-order valence-electron chi connectivity index (χ0n) is 29.1. The smallest absolute Gasteiger partial charge is 0.143 e. The molecule has 0 fully saturated rings. The molecule has 2 heteroatoms. The Labute approximate surface area is 310 Å². The maximum absolute atomic E-state index is 6.52. The van der Waals surface area contributed by atoms with Gasteiger partial charge in [-0.15, -0.1) is 0 Å². The molecule has 0 atom stereocenters. The molecular formula is C52H30O2. The molecular weight excluding hydrogens is 657 g/mol. The van der Waals surface area contributed by atoms with Gasteiger partial charge in [-0.1, -0.05) is 140 Å². The topological polar surface area (TPSA) is 26.3 Å². The van der Waals surface area contributed by atoms with Crippen LogP contribution < -0.4 is 0 Å². The summed E-state index contributed by atoms with van der Waals surface area (Å²) < 4.78 is 12.9. The summed E-state index contributed by atoms with van der Waals surface area (Å²) in [6.07, 6.45) is 0. The van der Waals surface area contributed by atoms with Crippen LogP contribution in [-0.2, 0) is 0 Å². The van der Waals surface area contributed by atoms with Crippen molar-refractivity contribution in [2.24, 2.45) is 0 Å². The van der Waals surface area contributed by atoms with E-state index in [-0.39, 0.29) is 0 Å². The molecule has 2 heterocycles. The maximum atomic E-state index is 6.52. The third kappa shape index (κ3) is 4.22. The van der Waals surface area contributed by atoms with E-state index < -0.39 is 0 Å². The van der Waals surface area contributed by atoms with Gasteiger partial charge >= 0.3 is 0 Å². The molecule has 0 unspecified atom stereocenters. The molecule has 0 saturated heterocycles. The molecule has 0 radical (unpaired) electrons. The molecule has 0 saturated carbocycles. The second-order valence-corrected chi connectivity index (χ2v) is 14.4. The molecule has 12 rings (SSSR count). The molecule has 0 N–H and O–H groups in total. The highest BCUT2D eigenvalue weighted by Crippen LogP contribution is 2.45. The van der Waals surface area contributed by atoms with Gasteiger partial charge in [-0.25, -0.2) is 0 Å². The van der Waals surface area contributed by atoms with E-state index in [9.17, 15) is 0 Å². The van der Waals surface area contributed by atoms with Crippen LogP contribution in [0.2, 0.25) is 0 Å². The average Bonchev–Trinajstić information content (AvgIpc) is 3.81. The van der Waals surface area contributed by atoms with Gasteiger partial charge in [0.15, 0.2) is 0 Å². The van der Waals surface area contributed by atoms with Crippen LogP contribution in [0, 0.1) is 0 Å². The molecule has 0 aliphatic heterocycles. The number of benzene rings is 10. The lowest BCUT2D eigenvalue weighted by atomic mass is 9.85. The number of furan rings is 2. The first-order valence-corrected chi connectivity index (χ1v) is 18.5. The summed E-state index contributed by atoms with van der Waals surface area (Å²) in [5, 5.41) is 14.3. The Bertz CT molecular complexity index is 3430. The van der Waals surface area contributed by atoms with Crippen LogP contribution in [0.4, 0.5) is 0 Å². The Morgan fingerprint density at radius 2 is 0.796 bits per heavy atom. The van der Waals surface area contributed by atoms with Crippen LogP contribution in [0.5, 0.6) is 0 Å². The number of rotatable bonds is 3. The van der Waals surface area contributed by atoms with Crippen molar-refractivity contribution in [2.75, 3.05) is 0 Å². The average molecular weight is 687 g/mol. The number of hydrogen-bond donors (Lipinski definition) is 0. The lowest BCUT2D eigenvalue weighted by molar-refractivity contribution is 0.669. The van der Waals surface area contributed by atoms with E-state index in [0.29, 0.717) is 0 Å². The van der Waals surface area contributed by atoms with Crippen LogP contribution in [0.1, 0.15) is 0 Å². The zero-order valence-corrected chi connectivity index (χ0v) is 29.1. The van der Waals surface area contributed by atoms with Crippen LogP contribution in [0.3, 0.4) is 0 Å². The fourth-order valence-electron chi connectivity index (χ4n) is 8.97. The summed E-state index contributed by atoms with van der Waals surface area (Å²) in [5.74, 6) is 0. The van der Waals surface area contributed by atoms with E-state index >= 15 is 0 Å². The lowest BCUT2D eigenvalue weighted by Crippen LogP contribution is -1.91. The summed E-state index contributed by atoms with van der Waals surface area (Å²) in [4.78, 5) is 0. The lowest BCUT2D eigenvalue weighted by Gasteiger charge is -2.18. The van der Waals surface area contributed by atoms with Gasteiger partial charge in [0, 0.05) is 26.9 Å². The summed E-state index contributed by atoms with van der Waals surface area (Å²) in [5.41, 5.74) is 10.8. The second-order valence-electron chi connectivity index (χ2n) is 14.4. The van der Waals surface area contributed by atoms with Crippen LogP contribution >= 0.6 is 0 Å². The molecule has 2 aromatic heterocycles. The molecule has 10 aromatic carbocycles. The van der Waals surface area contributed by atoms with Crippen molar-refractivity contribution in [3.05, 3.63) is 182 Å². The zero-order chi connectivity index (χ0) is 35.3. The number of hydrogen-bond acceptors (Lipinski definition) is 2. The van der Waals surface area contributed by atoms with Crippen molar-refractivity contribution < 1.29 is 8.83 Å².